The molecule has 1 aromatic carbocycles. The lowest BCUT2D eigenvalue weighted by Gasteiger charge is -2.55. The van der Waals surface area contributed by atoms with Crippen molar-refractivity contribution in [3.05, 3.63) is 28.8 Å². The van der Waals surface area contributed by atoms with Crippen molar-refractivity contribution in [2.75, 3.05) is 7.11 Å². The van der Waals surface area contributed by atoms with E-state index >= 15 is 0 Å². The van der Waals surface area contributed by atoms with Gasteiger partial charge in [-0.05, 0) is 52.8 Å². The van der Waals surface area contributed by atoms with Gasteiger partial charge in [0.05, 0.1) is 7.11 Å². The van der Waals surface area contributed by atoms with Gasteiger partial charge in [0.15, 0.2) is 5.78 Å². The second-order valence-corrected chi connectivity index (χ2v) is 8.84. The molecular weight excluding hydrogens is 300 g/mol. The van der Waals surface area contributed by atoms with Crippen molar-refractivity contribution in [1.82, 2.24) is 0 Å². The Morgan fingerprint density at radius 1 is 1.21 bits per heavy atom. The first kappa shape index (κ1) is 17.5. The van der Waals surface area contributed by atoms with Gasteiger partial charge in [-0.3, -0.25) is 4.79 Å². The molecule has 1 saturated carbocycles. The fraction of sp³-hybridized carbons (Fsp3) is 0.667. The lowest BCUT2D eigenvalue weighted by atomic mass is 9.49. The highest BCUT2D eigenvalue weighted by atomic mass is 16.5. The first-order chi connectivity index (χ1) is 11.1. The number of fused-ring (bicyclic) bond motifs is 3. The summed E-state index contributed by atoms with van der Waals surface area (Å²) in [6.07, 6.45) is 2.26. The smallest absolute Gasteiger partial charge is 0.191 e. The predicted octanol–water partition coefficient (Wildman–Crippen LogP) is 4.46. The molecule has 0 saturated heterocycles. The van der Waals surface area contributed by atoms with Crippen LogP contribution in [0.25, 0.3) is 0 Å². The van der Waals surface area contributed by atoms with Crippen molar-refractivity contribution in [3.8, 4) is 5.75 Å². The number of rotatable bonds is 2. The monoisotopic (exact) mass is 330 g/mol. The minimum atomic E-state index is -0.911. The zero-order valence-corrected chi connectivity index (χ0v) is 15.8. The second-order valence-electron chi connectivity index (χ2n) is 8.84. The third-order valence-electron chi connectivity index (χ3n) is 6.50. The molecule has 3 nitrogen and oxygen atoms in total. The molecule has 0 bridgehead atoms. The fourth-order valence-corrected chi connectivity index (χ4v) is 5.37. The van der Waals surface area contributed by atoms with Crippen molar-refractivity contribution < 1.29 is 14.6 Å². The third-order valence-corrected chi connectivity index (χ3v) is 6.50. The summed E-state index contributed by atoms with van der Waals surface area (Å²) in [5.74, 6) is 0.958. The van der Waals surface area contributed by atoms with Crippen molar-refractivity contribution in [2.45, 2.75) is 71.3 Å². The van der Waals surface area contributed by atoms with Crippen molar-refractivity contribution in [2.24, 2.45) is 11.3 Å². The molecule has 3 rings (SSSR count). The van der Waals surface area contributed by atoms with Gasteiger partial charge in [-0.1, -0.05) is 41.0 Å². The van der Waals surface area contributed by atoms with Gasteiger partial charge in [0.1, 0.15) is 11.9 Å². The Bertz CT molecular complexity index is 674. The van der Waals surface area contributed by atoms with Gasteiger partial charge in [-0.2, -0.15) is 0 Å². The van der Waals surface area contributed by atoms with E-state index in [9.17, 15) is 9.90 Å². The summed E-state index contributed by atoms with van der Waals surface area (Å²) in [6, 6.07) is 4.04. The van der Waals surface area contributed by atoms with Crippen LogP contribution >= 0.6 is 0 Å². The van der Waals surface area contributed by atoms with E-state index in [1.807, 2.05) is 6.07 Å². The van der Waals surface area contributed by atoms with E-state index in [0.29, 0.717) is 5.56 Å². The van der Waals surface area contributed by atoms with Gasteiger partial charge in [0.2, 0.25) is 0 Å². The standard InChI is InChI=1S/C21H30O3/c1-12(2)13-10-14-15(11-16(13)24-6)21(5)9-7-8-20(3,4)19(21)18(23)17(14)22/h10-12,18-19,23H,7-9H2,1-6H3/t18-,19-,21+/m1/s1. The number of aliphatic hydroxyl groups excluding tert-OH is 1. The number of benzene rings is 1. The summed E-state index contributed by atoms with van der Waals surface area (Å²) in [4.78, 5) is 13.0. The first-order valence-electron chi connectivity index (χ1n) is 9.08. The Hall–Kier alpha value is -1.35. The SMILES string of the molecule is COc1cc2c(cc1C(C)C)C(=O)[C@@H](O)[C@@H]1C(C)(C)CCC[C@@]21C. The molecule has 132 valence electrons. The van der Waals surface area contributed by atoms with Gasteiger partial charge in [-0.15, -0.1) is 0 Å². The van der Waals surface area contributed by atoms with Gasteiger partial charge in [-0.25, -0.2) is 0 Å². The minimum Gasteiger partial charge on any atom is -0.496 e. The van der Waals surface area contributed by atoms with E-state index in [1.54, 1.807) is 7.11 Å². The van der Waals surface area contributed by atoms with Gasteiger partial charge >= 0.3 is 0 Å². The van der Waals surface area contributed by atoms with Crippen LogP contribution in [0.15, 0.2) is 12.1 Å². The van der Waals surface area contributed by atoms with E-state index in [4.69, 9.17) is 4.74 Å². The molecule has 24 heavy (non-hydrogen) atoms. The fourth-order valence-electron chi connectivity index (χ4n) is 5.37. The number of carbonyl (C=O) groups excluding carboxylic acids is 1. The van der Waals surface area contributed by atoms with Gasteiger partial charge in [0, 0.05) is 11.5 Å². The number of Topliss-reactive ketones (excluding diaryl/α,β-unsaturated/α-hetero) is 1. The van der Waals surface area contributed by atoms with Crippen LogP contribution in [0.2, 0.25) is 0 Å². The Kier molecular flexibility index (Phi) is 4.07. The highest BCUT2D eigenvalue weighted by Gasteiger charge is 2.56. The maximum absolute atomic E-state index is 13.0. The summed E-state index contributed by atoms with van der Waals surface area (Å²) in [7, 11) is 1.69. The van der Waals surface area contributed by atoms with Crippen LogP contribution in [0.5, 0.6) is 5.75 Å². The van der Waals surface area contributed by atoms with Crippen molar-refractivity contribution in [1.29, 1.82) is 0 Å². The zero-order chi connectivity index (χ0) is 17.9. The molecule has 0 radical (unpaired) electrons. The highest BCUT2D eigenvalue weighted by Crippen LogP contribution is 2.57. The topological polar surface area (TPSA) is 46.5 Å². The third kappa shape index (κ3) is 2.32. The average molecular weight is 330 g/mol. The Balaban J connectivity index is 2.27. The molecule has 2 aliphatic carbocycles. The minimum absolute atomic E-state index is 0.0478. The summed E-state index contributed by atoms with van der Waals surface area (Å²) >= 11 is 0. The highest BCUT2D eigenvalue weighted by molar-refractivity contribution is 6.03. The quantitative estimate of drug-likeness (QED) is 0.871. The van der Waals surface area contributed by atoms with Gasteiger partial charge < -0.3 is 9.84 Å². The molecule has 0 heterocycles. The van der Waals surface area contributed by atoms with E-state index in [1.165, 1.54) is 0 Å². The van der Waals surface area contributed by atoms with E-state index in [2.05, 4.69) is 40.7 Å². The number of carbonyl (C=O) groups is 1. The van der Waals surface area contributed by atoms with Crippen LogP contribution in [0.1, 0.15) is 81.3 Å². The molecule has 1 aromatic rings. The number of hydrogen-bond acceptors (Lipinski definition) is 3. The number of aliphatic hydroxyl groups is 1. The summed E-state index contributed by atoms with van der Waals surface area (Å²) < 4.78 is 5.64. The van der Waals surface area contributed by atoms with Crippen LogP contribution in [0.4, 0.5) is 0 Å². The average Bonchev–Trinajstić information content (AvgIpc) is 2.50. The maximum atomic E-state index is 13.0. The van der Waals surface area contributed by atoms with E-state index in [-0.39, 0.29) is 28.4 Å². The number of methoxy groups -OCH3 is 1. The van der Waals surface area contributed by atoms with Crippen LogP contribution in [-0.2, 0) is 5.41 Å². The summed E-state index contributed by atoms with van der Waals surface area (Å²) in [6.45, 7) is 10.8. The number of ether oxygens (including phenoxy) is 1. The van der Waals surface area contributed by atoms with Crippen LogP contribution < -0.4 is 4.74 Å². The molecule has 0 aliphatic heterocycles. The summed E-state index contributed by atoms with van der Waals surface area (Å²) in [5, 5.41) is 10.9. The molecule has 0 unspecified atom stereocenters. The van der Waals surface area contributed by atoms with Crippen LogP contribution in [-0.4, -0.2) is 24.1 Å². The van der Waals surface area contributed by atoms with Crippen molar-refractivity contribution >= 4 is 5.78 Å². The molecule has 1 fully saturated rings. The van der Waals surface area contributed by atoms with Crippen LogP contribution in [0, 0.1) is 11.3 Å². The maximum Gasteiger partial charge on any atom is 0.191 e. The Labute approximate surface area is 145 Å². The van der Waals surface area contributed by atoms with Crippen molar-refractivity contribution in [3.63, 3.8) is 0 Å². The Morgan fingerprint density at radius 3 is 2.46 bits per heavy atom. The zero-order valence-electron chi connectivity index (χ0n) is 15.8. The molecule has 3 atom stereocenters. The summed E-state index contributed by atoms with van der Waals surface area (Å²) in [5.41, 5.74) is 2.56. The molecule has 1 N–H and O–H groups in total. The Morgan fingerprint density at radius 2 is 1.88 bits per heavy atom. The second kappa shape index (κ2) is 5.59. The lowest BCUT2D eigenvalue weighted by molar-refractivity contribution is -0.0389. The molecule has 0 aromatic heterocycles. The van der Waals surface area contributed by atoms with E-state index in [0.717, 1.165) is 36.1 Å². The predicted molar refractivity (Wildman–Crippen MR) is 95.9 cm³/mol. The van der Waals surface area contributed by atoms with E-state index < -0.39 is 6.10 Å². The molecule has 0 amide bonds. The van der Waals surface area contributed by atoms with Gasteiger partial charge in [0.25, 0.3) is 0 Å². The molecule has 2 aliphatic rings. The number of ketones is 1. The number of hydrogen-bond donors (Lipinski definition) is 1. The normalized spacial score (nSPS) is 31.6. The van der Waals surface area contributed by atoms with Crippen LogP contribution in [0.3, 0.4) is 0 Å². The molecule has 0 spiro atoms. The molecular formula is C21H30O3. The largest absolute Gasteiger partial charge is 0.496 e. The molecule has 3 heteroatoms. The first-order valence-corrected chi connectivity index (χ1v) is 9.08. The lowest BCUT2D eigenvalue weighted by Crippen LogP contribution is -2.56.